The van der Waals surface area contributed by atoms with Crippen molar-refractivity contribution >= 4 is 46.9 Å². The van der Waals surface area contributed by atoms with E-state index in [4.69, 9.17) is 33.4 Å². The van der Waals surface area contributed by atoms with E-state index in [1.165, 1.54) is 11.8 Å². The van der Waals surface area contributed by atoms with Crippen LogP contribution in [0.25, 0.3) is 0 Å². The molecule has 1 rings (SSSR count). The summed E-state index contributed by atoms with van der Waals surface area (Å²) in [7, 11) is 0. The molecule has 0 bridgehead atoms. The maximum Gasteiger partial charge on any atom is 0.337 e. The molecule has 0 aliphatic heterocycles. The molecule has 0 fully saturated rings. The predicted molar refractivity (Wildman–Crippen MR) is 115 cm³/mol. The summed E-state index contributed by atoms with van der Waals surface area (Å²) in [6.07, 6.45) is 7.80. The first-order valence-corrected chi connectivity index (χ1v) is 11.3. The highest BCUT2D eigenvalue weighted by Gasteiger charge is 2.38. The number of hydrogen-bond acceptors (Lipinski definition) is 4. The second kappa shape index (κ2) is 13.3. The maximum atomic E-state index is 11.0. The van der Waals surface area contributed by atoms with Gasteiger partial charge < -0.3 is 15.3 Å². The molecular formula is C20H28Cl2O5S. The molecule has 0 saturated carbocycles. The van der Waals surface area contributed by atoms with Crippen molar-refractivity contribution < 1.29 is 24.9 Å². The summed E-state index contributed by atoms with van der Waals surface area (Å²) in [4.78, 5) is 21.7. The maximum absolute atomic E-state index is 11.0. The fourth-order valence-corrected chi connectivity index (χ4v) is 4.43. The first-order valence-electron chi connectivity index (χ1n) is 9.44. The van der Waals surface area contributed by atoms with Crippen LogP contribution in [-0.4, -0.2) is 44.4 Å². The van der Waals surface area contributed by atoms with Gasteiger partial charge in [0.1, 0.15) is 0 Å². The number of aliphatic carboxylic acids is 2. The molecule has 0 amide bonds. The molecule has 1 aromatic carbocycles. The van der Waals surface area contributed by atoms with Crippen LogP contribution in [0.4, 0.5) is 0 Å². The first kappa shape index (κ1) is 25.1. The van der Waals surface area contributed by atoms with E-state index in [2.05, 4.69) is 0 Å². The van der Waals surface area contributed by atoms with Crippen LogP contribution >= 0.6 is 35.0 Å². The van der Waals surface area contributed by atoms with E-state index in [0.29, 0.717) is 10.8 Å². The van der Waals surface area contributed by atoms with Crippen molar-refractivity contribution in [2.24, 2.45) is 0 Å². The Labute approximate surface area is 180 Å². The Morgan fingerprint density at radius 1 is 0.964 bits per heavy atom. The zero-order chi connectivity index (χ0) is 21.0. The van der Waals surface area contributed by atoms with Crippen molar-refractivity contribution in [3.8, 4) is 0 Å². The van der Waals surface area contributed by atoms with E-state index in [-0.39, 0.29) is 5.75 Å². The highest BCUT2D eigenvalue weighted by Crippen LogP contribution is 2.23. The summed E-state index contributed by atoms with van der Waals surface area (Å²) in [5, 5.41) is 28.9. The van der Waals surface area contributed by atoms with Crippen molar-refractivity contribution in [2.75, 3.05) is 11.5 Å². The second-order valence-corrected chi connectivity index (χ2v) is 8.87. The molecular weight excluding hydrogens is 423 g/mol. The van der Waals surface area contributed by atoms with Crippen molar-refractivity contribution in [3.63, 3.8) is 0 Å². The van der Waals surface area contributed by atoms with E-state index in [1.54, 1.807) is 6.07 Å². The molecule has 0 saturated heterocycles. The largest absolute Gasteiger partial charge is 0.481 e. The van der Waals surface area contributed by atoms with E-state index < -0.39 is 24.0 Å². The molecule has 1 atom stereocenters. The minimum atomic E-state index is -2.19. The van der Waals surface area contributed by atoms with Gasteiger partial charge in [0.25, 0.3) is 0 Å². The van der Waals surface area contributed by atoms with Crippen LogP contribution in [0, 0.1) is 0 Å². The highest BCUT2D eigenvalue weighted by molar-refractivity contribution is 7.99. The highest BCUT2D eigenvalue weighted by atomic mass is 35.5. The third-order valence-corrected chi connectivity index (χ3v) is 6.28. The SMILES string of the molecule is O=C(O)CC(O)(CSCCCCCCCCCc1ccc(Cl)cc1Cl)C(=O)O. The quantitative estimate of drug-likeness (QED) is 0.314. The Morgan fingerprint density at radius 3 is 2.14 bits per heavy atom. The normalized spacial score (nSPS) is 13.2. The second-order valence-electron chi connectivity index (χ2n) is 6.92. The van der Waals surface area contributed by atoms with Gasteiger partial charge in [-0.2, -0.15) is 11.8 Å². The van der Waals surface area contributed by atoms with E-state index in [0.717, 1.165) is 62.0 Å². The molecule has 0 aliphatic carbocycles. The minimum absolute atomic E-state index is 0.109. The third kappa shape index (κ3) is 10.0. The van der Waals surface area contributed by atoms with Gasteiger partial charge in [-0.3, -0.25) is 4.79 Å². The molecule has 0 heterocycles. The summed E-state index contributed by atoms with van der Waals surface area (Å²) < 4.78 is 0. The number of carboxylic acids is 2. The van der Waals surface area contributed by atoms with Crippen LogP contribution in [0.15, 0.2) is 18.2 Å². The Kier molecular flexibility index (Phi) is 11.9. The van der Waals surface area contributed by atoms with Crippen LogP contribution in [-0.2, 0) is 16.0 Å². The molecule has 0 spiro atoms. The fraction of sp³-hybridized carbons (Fsp3) is 0.600. The van der Waals surface area contributed by atoms with Gasteiger partial charge in [-0.15, -0.1) is 0 Å². The minimum Gasteiger partial charge on any atom is -0.481 e. The van der Waals surface area contributed by atoms with Crippen molar-refractivity contribution in [1.29, 1.82) is 0 Å². The van der Waals surface area contributed by atoms with Gasteiger partial charge in [-0.1, -0.05) is 61.4 Å². The molecule has 1 unspecified atom stereocenters. The van der Waals surface area contributed by atoms with Crippen LogP contribution in [0.3, 0.4) is 0 Å². The lowest BCUT2D eigenvalue weighted by molar-refractivity contribution is -0.162. The van der Waals surface area contributed by atoms with Gasteiger partial charge in [0, 0.05) is 15.8 Å². The zero-order valence-corrected chi connectivity index (χ0v) is 18.2. The molecule has 158 valence electrons. The number of rotatable bonds is 15. The number of thioether (sulfide) groups is 1. The lowest BCUT2D eigenvalue weighted by atomic mass is 10.0. The van der Waals surface area contributed by atoms with Gasteiger partial charge in [0.2, 0.25) is 0 Å². The molecule has 28 heavy (non-hydrogen) atoms. The number of hydrogen-bond donors (Lipinski definition) is 3. The van der Waals surface area contributed by atoms with Crippen molar-refractivity contribution in [2.45, 2.75) is 63.4 Å². The van der Waals surface area contributed by atoms with Crippen LogP contribution in [0.2, 0.25) is 10.0 Å². The predicted octanol–water partition coefficient (Wildman–Crippen LogP) is 5.29. The molecule has 0 radical (unpaired) electrons. The Bertz CT molecular complexity index is 641. The summed E-state index contributed by atoms with van der Waals surface area (Å²) in [5.74, 6) is -2.20. The molecule has 0 aromatic heterocycles. The summed E-state index contributed by atoms with van der Waals surface area (Å²) in [6.45, 7) is 0. The molecule has 8 heteroatoms. The van der Waals surface area contributed by atoms with E-state index in [1.807, 2.05) is 12.1 Å². The van der Waals surface area contributed by atoms with Crippen LogP contribution < -0.4 is 0 Å². The monoisotopic (exact) mass is 450 g/mol. The Balaban J connectivity index is 2.03. The number of carbonyl (C=O) groups is 2. The first-order chi connectivity index (χ1) is 13.2. The van der Waals surface area contributed by atoms with Gasteiger partial charge in [-0.05, 0) is 42.7 Å². The Morgan fingerprint density at radius 2 is 1.57 bits per heavy atom. The average molecular weight is 451 g/mol. The fourth-order valence-electron chi connectivity index (χ4n) is 2.81. The summed E-state index contributed by atoms with van der Waals surface area (Å²) in [5.41, 5.74) is -1.06. The van der Waals surface area contributed by atoms with Gasteiger partial charge in [0.05, 0.1) is 6.42 Å². The third-order valence-electron chi connectivity index (χ3n) is 4.43. The molecule has 3 N–H and O–H groups in total. The topological polar surface area (TPSA) is 94.8 Å². The van der Waals surface area contributed by atoms with Crippen molar-refractivity contribution in [1.82, 2.24) is 0 Å². The molecule has 5 nitrogen and oxygen atoms in total. The Hall–Kier alpha value is -0.950. The number of benzene rings is 1. The number of unbranched alkanes of at least 4 members (excludes halogenated alkanes) is 6. The molecule has 0 aliphatic rings. The average Bonchev–Trinajstić information content (AvgIpc) is 2.60. The summed E-state index contributed by atoms with van der Waals surface area (Å²) in [6, 6.07) is 5.61. The van der Waals surface area contributed by atoms with E-state index >= 15 is 0 Å². The standard InChI is InChI=1S/C20H28Cl2O5S/c21-16-10-9-15(17(22)12-16)8-6-4-2-1-3-5-7-11-28-14-20(27,19(25)26)13-18(23)24/h9-10,12,27H,1-8,11,13-14H2,(H,23,24)(H,25,26). The number of carboxylic acid groups (broad SMARTS) is 2. The lowest BCUT2D eigenvalue weighted by Gasteiger charge is -2.20. The smallest absolute Gasteiger partial charge is 0.337 e. The van der Waals surface area contributed by atoms with E-state index in [9.17, 15) is 14.7 Å². The molecule has 1 aromatic rings. The van der Waals surface area contributed by atoms with Crippen LogP contribution in [0.1, 0.15) is 56.9 Å². The number of aryl methyl sites for hydroxylation is 1. The number of halogens is 2. The van der Waals surface area contributed by atoms with Crippen LogP contribution in [0.5, 0.6) is 0 Å². The van der Waals surface area contributed by atoms with Gasteiger partial charge in [0.15, 0.2) is 5.60 Å². The van der Waals surface area contributed by atoms with Crippen molar-refractivity contribution in [3.05, 3.63) is 33.8 Å². The number of aliphatic hydroxyl groups is 1. The zero-order valence-electron chi connectivity index (χ0n) is 15.8. The van der Waals surface area contributed by atoms with Gasteiger partial charge in [-0.25, -0.2) is 4.79 Å². The van der Waals surface area contributed by atoms with Gasteiger partial charge >= 0.3 is 11.9 Å². The summed E-state index contributed by atoms with van der Waals surface area (Å²) >= 11 is 13.3. The lowest BCUT2D eigenvalue weighted by Crippen LogP contribution is -2.43.